The molecule has 0 unspecified atom stereocenters. The molecule has 0 aromatic carbocycles. The molecule has 1 saturated heterocycles. The zero-order valence-electron chi connectivity index (χ0n) is 9.36. The van der Waals surface area contributed by atoms with Gasteiger partial charge in [-0.15, -0.1) is 0 Å². The number of rotatable bonds is 3. The molecule has 1 aliphatic heterocycles. The van der Waals surface area contributed by atoms with E-state index >= 15 is 0 Å². The number of pyridine rings is 1. The Morgan fingerprint density at radius 1 is 1.12 bits per heavy atom. The van der Waals surface area contributed by atoms with E-state index in [0.29, 0.717) is 6.54 Å². The second-order valence-electron chi connectivity index (χ2n) is 4.28. The SMILES string of the molecule is O=c1ccc(F)cn1CCN1CCCCC1. The maximum Gasteiger partial charge on any atom is 0.250 e. The largest absolute Gasteiger partial charge is 0.311 e. The minimum Gasteiger partial charge on any atom is -0.311 e. The molecular weight excluding hydrogens is 207 g/mol. The fourth-order valence-corrected chi connectivity index (χ4v) is 2.11. The summed E-state index contributed by atoms with van der Waals surface area (Å²) < 4.78 is 14.4. The van der Waals surface area contributed by atoms with Gasteiger partial charge in [-0.1, -0.05) is 6.42 Å². The van der Waals surface area contributed by atoms with Gasteiger partial charge in [-0.2, -0.15) is 0 Å². The molecule has 1 aromatic heterocycles. The van der Waals surface area contributed by atoms with Gasteiger partial charge in [0.1, 0.15) is 5.82 Å². The van der Waals surface area contributed by atoms with E-state index < -0.39 is 0 Å². The quantitative estimate of drug-likeness (QED) is 0.777. The minimum absolute atomic E-state index is 0.126. The van der Waals surface area contributed by atoms with Gasteiger partial charge >= 0.3 is 0 Å². The van der Waals surface area contributed by atoms with E-state index in [4.69, 9.17) is 0 Å². The highest BCUT2D eigenvalue weighted by molar-refractivity contribution is 4.96. The summed E-state index contributed by atoms with van der Waals surface area (Å²) in [5.41, 5.74) is -0.126. The van der Waals surface area contributed by atoms with Crippen molar-refractivity contribution in [3.63, 3.8) is 0 Å². The van der Waals surface area contributed by atoms with Gasteiger partial charge in [-0.25, -0.2) is 4.39 Å². The van der Waals surface area contributed by atoms with Gasteiger partial charge in [-0.3, -0.25) is 4.79 Å². The first kappa shape index (κ1) is 11.3. The highest BCUT2D eigenvalue weighted by Gasteiger charge is 2.09. The van der Waals surface area contributed by atoms with Crippen molar-refractivity contribution in [3.05, 3.63) is 34.5 Å². The smallest absolute Gasteiger partial charge is 0.250 e. The average molecular weight is 224 g/mol. The molecule has 16 heavy (non-hydrogen) atoms. The molecule has 1 aliphatic rings. The van der Waals surface area contributed by atoms with Crippen molar-refractivity contribution in [2.45, 2.75) is 25.8 Å². The summed E-state index contributed by atoms with van der Waals surface area (Å²) in [6.07, 6.45) is 5.05. The number of likely N-dealkylation sites (tertiary alicyclic amines) is 1. The Balaban J connectivity index is 1.93. The molecule has 0 spiro atoms. The van der Waals surface area contributed by atoms with Crippen molar-refractivity contribution in [1.82, 2.24) is 9.47 Å². The average Bonchev–Trinajstić information content (AvgIpc) is 2.32. The predicted molar refractivity (Wildman–Crippen MR) is 61.0 cm³/mol. The molecule has 3 nitrogen and oxygen atoms in total. The van der Waals surface area contributed by atoms with Gasteiger partial charge in [-0.05, 0) is 32.0 Å². The van der Waals surface area contributed by atoms with E-state index in [9.17, 15) is 9.18 Å². The standard InChI is InChI=1S/C12H17FN2O/c13-11-4-5-12(16)15(10-11)9-8-14-6-2-1-3-7-14/h4-5,10H,1-3,6-9H2. The van der Waals surface area contributed by atoms with Crippen LogP contribution in [0.25, 0.3) is 0 Å². The monoisotopic (exact) mass is 224 g/mol. The second-order valence-corrected chi connectivity index (χ2v) is 4.28. The maximum absolute atomic E-state index is 12.9. The minimum atomic E-state index is -0.349. The number of nitrogens with zero attached hydrogens (tertiary/aromatic N) is 2. The third-order valence-electron chi connectivity index (χ3n) is 3.05. The molecule has 4 heteroatoms. The van der Waals surface area contributed by atoms with Crippen LogP contribution in [-0.2, 0) is 6.54 Å². The van der Waals surface area contributed by atoms with Crippen LogP contribution in [0.4, 0.5) is 4.39 Å². The van der Waals surface area contributed by atoms with Crippen LogP contribution >= 0.6 is 0 Å². The van der Waals surface area contributed by atoms with Gasteiger partial charge < -0.3 is 9.47 Å². The van der Waals surface area contributed by atoms with E-state index in [1.54, 1.807) is 0 Å². The number of hydrogen-bond donors (Lipinski definition) is 0. The van der Waals surface area contributed by atoms with Crippen molar-refractivity contribution < 1.29 is 4.39 Å². The normalized spacial score (nSPS) is 17.6. The number of aromatic nitrogens is 1. The summed E-state index contributed by atoms with van der Waals surface area (Å²) >= 11 is 0. The molecule has 2 heterocycles. The lowest BCUT2D eigenvalue weighted by atomic mass is 10.1. The van der Waals surface area contributed by atoms with Crippen LogP contribution in [0.3, 0.4) is 0 Å². The summed E-state index contributed by atoms with van der Waals surface area (Å²) in [5, 5.41) is 0. The Bertz CT molecular complexity index is 396. The van der Waals surface area contributed by atoms with Gasteiger partial charge in [0.25, 0.3) is 5.56 Å². The lowest BCUT2D eigenvalue weighted by Crippen LogP contribution is -2.34. The van der Waals surface area contributed by atoms with Crippen molar-refractivity contribution in [1.29, 1.82) is 0 Å². The first-order valence-electron chi connectivity index (χ1n) is 5.84. The van der Waals surface area contributed by atoms with Crippen LogP contribution in [0.2, 0.25) is 0 Å². The lowest BCUT2D eigenvalue weighted by Gasteiger charge is -2.26. The van der Waals surface area contributed by atoms with E-state index in [1.807, 2.05) is 0 Å². The van der Waals surface area contributed by atoms with E-state index in [2.05, 4.69) is 4.90 Å². The topological polar surface area (TPSA) is 25.2 Å². The molecule has 0 N–H and O–H groups in total. The van der Waals surface area contributed by atoms with Crippen molar-refractivity contribution in [2.75, 3.05) is 19.6 Å². The fraction of sp³-hybridized carbons (Fsp3) is 0.583. The van der Waals surface area contributed by atoms with Crippen molar-refractivity contribution in [3.8, 4) is 0 Å². The van der Waals surface area contributed by atoms with Crippen LogP contribution in [0.5, 0.6) is 0 Å². The molecule has 1 aromatic rings. The summed E-state index contributed by atoms with van der Waals surface area (Å²) in [6, 6.07) is 2.49. The Labute approximate surface area is 94.5 Å². The van der Waals surface area contributed by atoms with Crippen molar-refractivity contribution in [2.24, 2.45) is 0 Å². The highest BCUT2D eigenvalue weighted by Crippen LogP contribution is 2.08. The van der Waals surface area contributed by atoms with Gasteiger partial charge in [0.2, 0.25) is 0 Å². The molecule has 2 rings (SSSR count). The Hall–Kier alpha value is -1.16. The molecule has 0 bridgehead atoms. The summed E-state index contributed by atoms with van der Waals surface area (Å²) in [4.78, 5) is 13.8. The van der Waals surface area contributed by atoms with E-state index in [0.717, 1.165) is 19.6 Å². The zero-order chi connectivity index (χ0) is 11.4. The van der Waals surface area contributed by atoms with Crippen LogP contribution in [0.1, 0.15) is 19.3 Å². The molecule has 88 valence electrons. The molecule has 1 fully saturated rings. The molecule has 0 radical (unpaired) electrons. The lowest BCUT2D eigenvalue weighted by molar-refractivity contribution is 0.219. The number of hydrogen-bond acceptors (Lipinski definition) is 2. The Morgan fingerprint density at radius 3 is 2.62 bits per heavy atom. The van der Waals surface area contributed by atoms with Gasteiger partial charge in [0, 0.05) is 25.4 Å². The first-order chi connectivity index (χ1) is 7.75. The van der Waals surface area contributed by atoms with E-state index in [1.165, 1.54) is 42.2 Å². The molecule has 0 saturated carbocycles. The molecule has 0 atom stereocenters. The second kappa shape index (κ2) is 5.25. The predicted octanol–water partition coefficient (Wildman–Crippen LogP) is 1.47. The zero-order valence-corrected chi connectivity index (χ0v) is 9.36. The fourth-order valence-electron chi connectivity index (χ4n) is 2.11. The van der Waals surface area contributed by atoms with Crippen LogP contribution in [-0.4, -0.2) is 29.1 Å². The summed E-state index contributed by atoms with van der Waals surface area (Å²) in [5.74, 6) is -0.349. The van der Waals surface area contributed by atoms with Crippen molar-refractivity contribution >= 4 is 0 Å². The number of halogens is 1. The maximum atomic E-state index is 12.9. The highest BCUT2D eigenvalue weighted by atomic mass is 19.1. The van der Waals surface area contributed by atoms with Crippen LogP contribution in [0.15, 0.2) is 23.1 Å². The van der Waals surface area contributed by atoms with Gasteiger partial charge in [0.05, 0.1) is 0 Å². The number of piperidine rings is 1. The van der Waals surface area contributed by atoms with E-state index in [-0.39, 0.29) is 11.4 Å². The third-order valence-corrected chi connectivity index (χ3v) is 3.05. The molecular formula is C12H17FN2O. The molecule has 0 amide bonds. The first-order valence-corrected chi connectivity index (χ1v) is 5.84. The van der Waals surface area contributed by atoms with Crippen LogP contribution in [0, 0.1) is 5.82 Å². The van der Waals surface area contributed by atoms with Crippen LogP contribution < -0.4 is 5.56 Å². The third kappa shape index (κ3) is 2.92. The Morgan fingerprint density at radius 2 is 1.88 bits per heavy atom. The Kier molecular flexibility index (Phi) is 3.72. The summed E-state index contributed by atoms with van der Waals surface area (Å²) in [6.45, 7) is 3.62. The summed E-state index contributed by atoms with van der Waals surface area (Å²) in [7, 11) is 0. The molecule has 0 aliphatic carbocycles. The van der Waals surface area contributed by atoms with Gasteiger partial charge in [0.15, 0.2) is 0 Å².